The van der Waals surface area contributed by atoms with Gasteiger partial charge in [0.25, 0.3) is 5.91 Å². The van der Waals surface area contributed by atoms with Gasteiger partial charge in [-0.15, -0.1) is 11.3 Å². The summed E-state index contributed by atoms with van der Waals surface area (Å²) >= 11 is 1.43. The average molecular weight is 334 g/mol. The second-order valence-electron chi connectivity index (χ2n) is 6.14. The number of aromatic nitrogens is 1. The Morgan fingerprint density at radius 3 is 2.57 bits per heavy atom. The molecule has 1 amide bonds. The monoisotopic (exact) mass is 334 g/mol. The van der Waals surface area contributed by atoms with Crippen LogP contribution in [0, 0.1) is 12.3 Å². The Morgan fingerprint density at radius 2 is 1.96 bits per heavy atom. The molecule has 0 unspecified atom stereocenters. The molecule has 0 radical (unpaired) electrons. The van der Waals surface area contributed by atoms with Crippen LogP contribution in [0.15, 0.2) is 29.6 Å². The number of aryl methyl sites for hydroxylation is 1. The predicted molar refractivity (Wildman–Crippen MR) is 91.5 cm³/mol. The third-order valence-electron chi connectivity index (χ3n) is 3.83. The highest BCUT2D eigenvalue weighted by Crippen LogP contribution is 2.27. The van der Waals surface area contributed by atoms with E-state index >= 15 is 0 Å². The fourth-order valence-corrected chi connectivity index (χ4v) is 3.18. The normalized spacial score (nSPS) is 11.5. The van der Waals surface area contributed by atoms with E-state index in [2.05, 4.69) is 4.98 Å². The standard InChI is InChI=1S/C17H22N2O3S/c1-12-6-4-5-7-13(12)15-18-14(8-23-15)16(22)19(3)9-17(2,10-20)11-21/h4-8,20-21H,9-11H2,1-3H3. The van der Waals surface area contributed by atoms with Crippen molar-refractivity contribution < 1.29 is 15.0 Å². The Labute approximate surface area is 140 Å². The molecule has 1 aromatic heterocycles. The zero-order chi connectivity index (χ0) is 17.0. The first-order valence-electron chi connectivity index (χ1n) is 7.39. The third-order valence-corrected chi connectivity index (χ3v) is 4.70. The van der Waals surface area contributed by atoms with E-state index in [1.165, 1.54) is 16.2 Å². The number of thiazole rings is 1. The number of rotatable bonds is 6. The van der Waals surface area contributed by atoms with E-state index in [0.717, 1.165) is 16.1 Å². The summed E-state index contributed by atoms with van der Waals surface area (Å²) in [5.74, 6) is -0.214. The van der Waals surface area contributed by atoms with Gasteiger partial charge in [0.15, 0.2) is 0 Å². The maximum atomic E-state index is 12.5. The first-order chi connectivity index (χ1) is 10.9. The average Bonchev–Trinajstić information content (AvgIpc) is 3.04. The number of aliphatic hydroxyl groups is 2. The van der Waals surface area contributed by atoms with Gasteiger partial charge in [0.2, 0.25) is 0 Å². The van der Waals surface area contributed by atoms with Gasteiger partial charge < -0.3 is 15.1 Å². The van der Waals surface area contributed by atoms with Crippen LogP contribution in [0.5, 0.6) is 0 Å². The number of hydrogen-bond acceptors (Lipinski definition) is 5. The van der Waals surface area contributed by atoms with Crippen molar-refractivity contribution in [2.45, 2.75) is 13.8 Å². The van der Waals surface area contributed by atoms with Crippen molar-refractivity contribution in [2.24, 2.45) is 5.41 Å². The summed E-state index contributed by atoms with van der Waals surface area (Å²) in [6.07, 6.45) is 0. The summed E-state index contributed by atoms with van der Waals surface area (Å²) in [6, 6.07) is 7.92. The van der Waals surface area contributed by atoms with Gasteiger partial charge in [0, 0.05) is 30.0 Å². The largest absolute Gasteiger partial charge is 0.396 e. The van der Waals surface area contributed by atoms with Crippen molar-refractivity contribution in [1.82, 2.24) is 9.88 Å². The third kappa shape index (κ3) is 3.96. The SMILES string of the molecule is Cc1ccccc1-c1nc(C(=O)N(C)CC(C)(CO)CO)cs1. The van der Waals surface area contributed by atoms with E-state index in [-0.39, 0.29) is 25.7 Å². The Hall–Kier alpha value is -1.76. The van der Waals surface area contributed by atoms with Crippen LogP contribution in [0.25, 0.3) is 10.6 Å². The molecule has 2 N–H and O–H groups in total. The lowest BCUT2D eigenvalue weighted by Crippen LogP contribution is -2.41. The fraction of sp³-hybridized carbons (Fsp3) is 0.412. The highest BCUT2D eigenvalue weighted by molar-refractivity contribution is 7.13. The maximum absolute atomic E-state index is 12.5. The smallest absolute Gasteiger partial charge is 0.273 e. The molecule has 1 heterocycles. The summed E-state index contributed by atoms with van der Waals surface area (Å²) in [5.41, 5.74) is 1.80. The van der Waals surface area contributed by atoms with Crippen LogP contribution in [0.1, 0.15) is 23.0 Å². The van der Waals surface area contributed by atoms with Gasteiger partial charge in [0.1, 0.15) is 10.7 Å². The highest BCUT2D eigenvalue weighted by atomic mass is 32.1. The number of amides is 1. The van der Waals surface area contributed by atoms with Gasteiger partial charge in [-0.05, 0) is 12.5 Å². The summed E-state index contributed by atoms with van der Waals surface area (Å²) in [5, 5.41) is 21.3. The van der Waals surface area contributed by atoms with Crippen LogP contribution in [0.2, 0.25) is 0 Å². The van der Waals surface area contributed by atoms with Gasteiger partial charge in [-0.1, -0.05) is 31.2 Å². The van der Waals surface area contributed by atoms with Crippen LogP contribution in [-0.2, 0) is 0 Å². The van der Waals surface area contributed by atoms with Crippen LogP contribution in [0.4, 0.5) is 0 Å². The van der Waals surface area contributed by atoms with E-state index in [0.29, 0.717) is 5.69 Å². The molecule has 23 heavy (non-hydrogen) atoms. The Balaban J connectivity index is 2.17. The molecule has 2 aromatic rings. The van der Waals surface area contributed by atoms with E-state index in [9.17, 15) is 15.0 Å². The molecular weight excluding hydrogens is 312 g/mol. The molecule has 0 atom stereocenters. The Morgan fingerprint density at radius 1 is 1.30 bits per heavy atom. The number of nitrogens with zero attached hydrogens (tertiary/aromatic N) is 2. The number of aliphatic hydroxyl groups excluding tert-OH is 2. The van der Waals surface area contributed by atoms with Gasteiger partial charge in [0.05, 0.1) is 13.2 Å². The van der Waals surface area contributed by atoms with Crippen LogP contribution in [-0.4, -0.2) is 52.8 Å². The highest BCUT2D eigenvalue weighted by Gasteiger charge is 2.27. The zero-order valence-corrected chi connectivity index (χ0v) is 14.4. The fourth-order valence-electron chi connectivity index (χ4n) is 2.30. The molecule has 124 valence electrons. The zero-order valence-electron chi connectivity index (χ0n) is 13.6. The molecule has 5 nitrogen and oxygen atoms in total. The summed E-state index contributed by atoms with van der Waals surface area (Å²) in [4.78, 5) is 18.4. The number of carbonyl (C=O) groups is 1. The van der Waals surface area contributed by atoms with Crippen LogP contribution < -0.4 is 0 Å². The molecule has 2 rings (SSSR count). The molecule has 0 saturated heterocycles. The van der Waals surface area contributed by atoms with E-state index in [4.69, 9.17) is 0 Å². The molecule has 0 fully saturated rings. The molecule has 0 bridgehead atoms. The number of carbonyl (C=O) groups excluding carboxylic acids is 1. The van der Waals surface area contributed by atoms with Crippen molar-refractivity contribution in [3.8, 4) is 10.6 Å². The van der Waals surface area contributed by atoms with E-state index < -0.39 is 5.41 Å². The second kappa shape index (κ2) is 7.21. The topological polar surface area (TPSA) is 73.7 Å². The minimum Gasteiger partial charge on any atom is -0.396 e. The van der Waals surface area contributed by atoms with E-state index in [1.54, 1.807) is 19.4 Å². The van der Waals surface area contributed by atoms with Crippen LogP contribution in [0.3, 0.4) is 0 Å². The molecule has 6 heteroatoms. The lowest BCUT2D eigenvalue weighted by atomic mass is 9.92. The number of hydrogen-bond donors (Lipinski definition) is 2. The number of benzene rings is 1. The van der Waals surface area contributed by atoms with Gasteiger partial charge in [-0.25, -0.2) is 4.98 Å². The Kier molecular flexibility index (Phi) is 5.51. The molecule has 1 aromatic carbocycles. The molecule has 0 aliphatic carbocycles. The van der Waals surface area contributed by atoms with Crippen molar-refractivity contribution in [3.63, 3.8) is 0 Å². The first-order valence-corrected chi connectivity index (χ1v) is 8.27. The van der Waals surface area contributed by atoms with Crippen molar-refractivity contribution in [1.29, 1.82) is 0 Å². The summed E-state index contributed by atoms with van der Waals surface area (Å²) in [7, 11) is 1.65. The minimum atomic E-state index is -0.723. The first kappa shape index (κ1) is 17.6. The van der Waals surface area contributed by atoms with E-state index in [1.807, 2.05) is 31.2 Å². The quantitative estimate of drug-likeness (QED) is 0.849. The van der Waals surface area contributed by atoms with Crippen molar-refractivity contribution in [2.75, 3.05) is 26.8 Å². The predicted octanol–water partition coefficient (Wildman–Crippen LogP) is 2.18. The molecule has 0 aliphatic rings. The molecule has 0 spiro atoms. The molecular formula is C17H22N2O3S. The second-order valence-corrected chi connectivity index (χ2v) is 7.00. The lowest BCUT2D eigenvalue weighted by Gasteiger charge is -2.29. The maximum Gasteiger partial charge on any atom is 0.273 e. The van der Waals surface area contributed by atoms with Crippen molar-refractivity contribution in [3.05, 3.63) is 40.9 Å². The van der Waals surface area contributed by atoms with Gasteiger partial charge in [-0.2, -0.15) is 0 Å². The summed E-state index contributed by atoms with van der Waals surface area (Å²) < 4.78 is 0. The van der Waals surface area contributed by atoms with Gasteiger partial charge >= 0.3 is 0 Å². The lowest BCUT2D eigenvalue weighted by molar-refractivity contribution is 0.0364. The molecule has 0 aliphatic heterocycles. The Bertz CT molecular complexity index is 680. The van der Waals surface area contributed by atoms with Crippen molar-refractivity contribution >= 4 is 17.2 Å². The van der Waals surface area contributed by atoms with Gasteiger partial charge in [-0.3, -0.25) is 4.79 Å². The summed E-state index contributed by atoms with van der Waals surface area (Å²) in [6.45, 7) is 3.63. The molecule has 0 saturated carbocycles. The van der Waals surface area contributed by atoms with Crippen LogP contribution >= 0.6 is 11.3 Å². The minimum absolute atomic E-state index is 0.188.